The van der Waals surface area contributed by atoms with Crippen LogP contribution in [0.5, 0.6) is 0 Å². The van der Waals surface area contributed by atoms with Gasteiger partial charge in [-0.2, -0.15) is 0 Å². The van der Waals surface area contributed by atoms with E-state index in [4.69, 9.17) is 11.6 Å². The van der Waals surface area contributed by atoms with Gasteiger partial charge in [0.25, 0.3) is 0 Å². The van der Waals surface area contributed by atoms with Gasteiger partial charge in [-0.1, -0.05) is 52.7 Å². The maximum atomic E-state index is 13.2. The molecule has 2 aromatic rings. The van der Waals surface area contributed by atoms with E-state index in [1.165, 1.54) is 12.1 Å². The minimum Gasteiger partial charge on any atom is -0.303 e. The minimum atomic E-state index is -0.236. The molecule has 4 heteroatoms. The van der Waals surface area contributed by atoms with Gasteiger partial charge in [-0.3, -0.25) is 0 Å². The Balaban J connectivity index is 2.18. The number of benzene rings is 2. The van der Waals surface area contributed by atoms with Gasteiger partial charge >= 0.3 is 0 Å². The molecule has 0 aliphatic carbocycles. The van der Waals surface area contributed by atoms with Crippen molar-refractivity contribution >= 4 is 27.5 Å². The molecule has 2 unspecified atom stereocenters. The van der Waals surface area contributed by atoms with E-state index in [0.29, 0.717) is 0 Å². The highest BCUT2D eigenvalue weighted by Gasteiger charge is 2.16. The number of halogens is 3. The summed E-state index contributed by atoms with van der Waals surface area (Å²) in [6, 6.07) is 13.0. The molecule has 112 valence electrons. The Bertz CT molecular complexity index is 617. The Labute approximate surface area is 138 Å². The fourth-order valence-corrected chi connectivity index (χ4v) is 3.31. The molecule has 2 atom stereocenters. The quantitative estimate of drug-likeness (QED) is 0.676. The Morgan fingerprint density at radius 2 is 2.00 bits per heavy atom. The third-order valence-electron chi connectivity index (χ3n) is 3.54. The summed E-state index contributed by atoms with van der Waals surface area (Å²) in [5, 5.41) is 4.31. The third-order valence-corrected chi connectivity index (χ3v) is 4.46. The average Bonchev–Trinajstić information content (AvgIpc) is 2.44. The van der Waals surface area contributed by atoms with Crippen molar-refractivity contribution in [3.63, 3.8) is 0 Å². The van der Waals surface area contributed by atoms with E-state index in [1.54, 1.807) is 0 Å². The van der Waals surface area contributed by atoms with Crippen molar-refractivity contribution in [3.05, 3.63) is 68.9 Å². The summed E-state index contributed by atoms with van der Waals surface area (Å²) in [5.74, 6) is -0.236. The summed E-state index contributed by atoms with van der Waals surface area (Å²) in [5.41, 5.74) is 2.20. The topological polar surface area (TPSA) is 12.0 Å². The van der Waals surface area contributed by atoms with E-state index in [-0.39, 0.29) is 17.9 Å². The molecule has 0 saturated heterocycles. The first-order valence-electron chi connectivity index (χ1n) is 6.97. The highest BCUT2D eigenvalue weighted by Crippen LogP contribution is 2.28. The molecule has 0 amide bonds. The summed E-state index contributed by atoms with van der Waals surface area (Å²) in [7, 11) is 0. The fourth-order valence-electron chi connectivity index (χ4n) is 2.42. The maximum absolute atomic E-state index is 13.2. The molecular weight excluding hydrogens is 353 g/mol. The summed E-state index contributed by atoms with van der Waals surface area (Å²) < 4.78 is 14.0. The van der Waals surface area contributed by atoms with Gasteiger partial charge in [-0.15, -0.1) is 0 Å². The van der Waals surface area contributed by atoms with E-state index < -0.39 is 0 Å². The zero-order valence-electron chi connectivity index (χ0n) is 12.0. The van der Waals surface area contributed by atoms with Gasteiger partial charge in [-0.25, -0.2) is 4.39 Å². The highest BCUT2D eigenvalue weighted by molar-refractivity contribution is 9.10. The van der Waals surface area contributed by atoms with Gasteiger partial charge in [-0.05, 0) is 48.7 Å². The maximum Gasteiger partial charge on any atom is 0.124 e. The van der Waals surface area contributed by atoms with Crippen LogP contribution in [0.2, 0.25) is 5.02 Å². The largest absolute Gasteiger partial charge is 0.303 e. The van der Waals surface area contributed by atoms with Crippen molar-refractivity contribution in [1.29, 1.82) is 0 Å². The van der Waals surface area contributed by atoms with Crippen molar-refractivity contribution in [1.82, 2.24) is 5.32 Å². The normalized spacial score (nSPS) is 14.0. The summed E-state index contributed by atoms with van der Waals surface area (Å²) in [6.07, 6.45) is 0.948. The molecule has 1 N–H and O–H groups in total. The van der Waals surface area contributed by atoms with E-state index in [1.807, 2.05) is 24.3 Å². The van der Waals surface area contributed by atoms with Crippen LogP contribution in [-0.4, -0.2) is 0 Å². The van der Waals surface area contributed by atoms with Crippen LogP contribution in [-0.2, 0) is 0 Å². The monoisotopic (exact) mass is 369 g/mol. The number of hydrogen-bond donors (Lipinski definition) is 1. The number of hydrogen-bond acceptors (Lipinski definition) is 1. The first-order valence-corrected chi connectivity index (χ1v) is 8.14. The second-order valence-electron chi connectivity index (χ2n) is 5.07. The lowest BCUT2D eigenvalue weighted by atomic mass is 10.0. The number of rotatable bonds is 5. The van der Waals surface area contributed by atoms with Crippen molar-refractivity contribution in [3.8, 4) is 0 Å². The SMILES string of the molecule is CCC(NC(C)c1ccc(F)cc1Br)c1cccc(Cl)c1. The smallest absolute Gasteiger partial charge is 0.124 e. The molecule has 0 fully saturated rings. The molecule has 0 saturated carbocycles. The lowest BCUT2D eigenvalue weighted by Crippen LogP contribution is -2.24. The van der Waals surface area contributed by atoms with Crippen LogP contribution in [0.15, 0.2) is 46.9 Å². The van der Waals surface area contributed by atoms with Crippen LogP contribution in [0.4, 0.5) is 4.39 Å². The molecule has 2 aromatic carbocycles. The molecule has 0 radical (unpaired) electrons. The van der Waals surface area contributed by atoms with Gasteiger partial charge in [0.15, 0.2) is 0 Å². The molecule has 1 nitrogen and oxygen atoms in total. The van der Waals surface area contributed by atoms with Crippen LogP contribution < -0.4 is 5.32 Å². The Hall–Kier alpha value is -0.900. The van der Waals surface area contributed by atoms with E-state index in [9.17, 15) is 4.39 Å². The van der Waals surface area contributed by atoms with Gasteiger partial charge in [0.1, 0.15) is 5.82 Å². The van der Waals surface area contributed by atoms with Crippen LogP contribution in [0, 0.1) is 5.82 Å². The Morgan fingerprint density at radius 1 is 1.24 bits per heavy atom. The fraction of sp³-hybridized carbons (Fsp3) is 0.294. The first kappa shape index (κ1) is 16.5. The average molecular weight is 371 g/mol. The molecule has 0 bridgehead atoms. The van der Waals surface area contributed by atoms with Crippen LogP contribution in [0.25, 0.3) is 0 Å². The van der Waals surface area contributed by atoms with Gasteiger partial charge < -0.3 is 5.32 Å². The predicted octanol–water partition coefficient (Wildman–Crippen LogP) is 6.04. The van der Waals surface area contributed by atoms with E-state index >= 15 is 0 Å². The summed E-state index contributed by atoms with van der Waals surface area (Å²) in [6.45, 7) is 4.20. The standard InChI is InChI=1S/C17H18BrClFN/c1-3-17(12-5-4-6-13(19)9-12)21-11(2)15-8-7-14(20)10-16(15)18/h4-11,17,21H,3H2,1-2H3. The summed E-state index contributed by atoms with van der Waals surface area (Å²) >= 11 is 9.49. The van der Waals surface area contributed by atoms with Gasteiger partial charge in [0, 0.05) is 21.6 Å². The first-order chi connectivity index (χ1) is 10.0. The third kappa shape index (κ3) is 4.29. The van der Waals surface area contributed by atoms with Gasteiger partial charge in [0.2, 0.25) is 0 Å². The van der Waals surface area contributed by atoms with E-state index in [2.05, 4.69) is 41.2 Å². The molecule has 0 aromatic heterocycles. The van der Waals surface area contributed by atoms with Crippen LogP contribution >= 0.6 is 27.5 Å². The lowest BCUT2D eigenvalue weighted by Gasteiger charge is -2.24. The molecule has 0 aliphatic rings. The second kappa shape index (κ2) is 7.39. The molecule has 0 aliphatic heterocycles. The van der Waals surface area contributed by atoms with Crippen molar-refractivity contribution in [2.45, 2.75) is 32.4 Å². The second-order valence-corrected chi connectivity index (χ2v) is 6.36. The predicted molar refractivity (Wildman–Crippen MR) is 90.1 cm³/mol. The molecule has 0 heterocycles. The Morgan fingerprint density at radius 3 is 2.62 bits per heavy atom. The van der Waals surface area contributed by atoms with Crippen LogP contribution in [0.1, 0.15) is 43.5 Å². The minimum absolute atomic E-state index is 0.101. The van der Waals surface area contributed by atoms with Crippen molar-refractivity contribution in [2.75, 3.05) is 0 Å². The van der Waals surface area contributed by atoms with Gasteiger partial charge in [0.05, 0.1) is 0 Å². The molecule has 2 rings (SSSR count). The van der Waals surface area contributed by atoms with E-state index in [0.717, 1.165) is 27.0 Å². The Kier molecular flexibility index (Phi) is 5.80. The molecule has 21 heavy (non-hydrogen) atoms. The van der Waals surface area contributed by atoms with Crippen LogP contribution in [0.3, 0.4) is 0 Å². The lowest BCUT2D eigenvalue weighted by molar-refractivity contribution is 0.455. The number of nitrogens with one attached hydrogen (secondary N) is 1. The molecular formula is C17H18BrClFN. The highest BCUT2D eigenvalue weighted by atomic mass is 79.9. The van der Waals surface area contributed by atoms with Crippen molar-refractivity contribution in [2.24, 2.45) is 0 Å². The van der Waals surface area contributed by atoms with Crippen molar-refractivity contribution < 1.29 is 4.39 Å². The summed E-state index contributed by atoms with van der Waals surface area (Å²) in [4.78, 5) is 0. The zero-order valence-corrected chi connectivity index (χ0v) is 14.4. The zero-order chi connectivity index (χ0) is 15.4. The molecule has 0 spiro atoms.